The molecule has 3 nitrogen and oxygen atoms in total. The van der Waals surface area contributed by atoms with E-state index in [2.05, 4.69) is 0 Å². The molecule has 0 fully saturated rings. The van der Waals surface area contributed by atoms with E-state index in [1.807, 2.05) is 18.2 Å². The number of oxazole rings is 1. The molecule has 0 saturated carbocycles. The highest BCUT2D eigenvalue weighted by Crippen LogP contribution is 2.38. The average molecular weight is 343 g/mol. The van der Waals surface area contributed by atoms with Crippen molar-refractivity contribution in [1.82, 2.24) is 4.57 Å². The largest absolute Gasteiger partial charge is 0.419 e. The van der Waals surface area contributed by atoms with Crippen molar-refractivity contribution < 1.29 is 4.42 Å². The molecule has 3 aromatic rings. The van der Waals surface area contributed by atoms with E-state index in [0.29, 0.717) is 26.7 Å². The number of nitrogens with zero attached hydrogens (tertiary/aromatic N) is 1. The summed E-state index contributed by atoms with van der Waals surface area (Å²) < 4.78 is 6.56. The number of halogens is 3. The van der Waals surface area contributed by atoms with Crippen LogP contribution in [-0.4, -0.2) is 4.57 Å². The normalized spacial score (nSPS) is 12.8. The molecule has 1 heterocycles. The quantitative estimate of drug-likeness (QED) is 0.629. The van der Waals surface area contributed by atoms with Gasteiger partial charge in [0.05, 0.1) is 10.9 Å². The van der Waals surface area contributed by atoms with E-state index in [0.717, 1.165) is 5.56 Å². The highest BCUT2D eigenvalue weighted by molar-refractivity contribution is 6.35. The molecule has 0 saturated heterocycles. The fraction of sp³-hybridized carbons (Fsp3) is 0.133. The van der Waals surface area contributed by atoms with Crippen LogP contribution in [0.1, 0.15) is 16.5 Å². The van der Waals surface area contributed by atoms with E-state index < -0.39 is 11.1 Å². The Bertz CT molecular complexity index is 882. The summed E-state index contributed by atoms with van der Waals surface area (Å²) in [7, 11) is 1.62. The Balaban J connectivity index is 2.18. The first-order chi connectivity index (χ1) is 9.99. The molecule has 2 aromatic carbocycles. The second-order valence-electron chi connectivity index (χ2n) is 4.65. The molecule has 0 N–H and O–H groups in total. The molecule has 0 bridgehead atoms. The zero-order valence-electron chi connectivity index (χ0n) is 10.9. The maximum atomic E-state index is 11.6. The number of aryl methyl sites for hydroxylation is 1. The van der Waals surface area contributed by atoms with Crippen molar-refractivity contribution in [2.45, 2.75) is 5.38 Å². The second kappa shape index (κ2) is 5.41. The summed E-state index contributed by atoms with van der Waals surface area (Å²) in [6.07, 6.45) is 0. The van der Waals surface area contributed by atoms with Gasteiger partial charge in [0, 0.05) is 17.1 Å². The first kappa shape index (κ1) is 14.5. The number of rotatable bonds is 2. The minimum atomic E-state index is -0.527. The van der Waals surface area contributed by atoms with Gasteiger partial charge in [0.15, 0.2) is 5.58 Å². The van der Waals surface area contributed by atoms with E-state index in [-0.39, 0.29) is 0 Å². The van der Waals surface area contributed by atoms with Crippen LogP contribution in [0, 0.1) is 0 Å². The van der Waals surface area contributed by atoms with Gasteiger partial charge in [-0.15, -0.1) is 11.6 Å². The first-order valence-corrected chi connectivity index (χ1v) is 7.35. The lowest BCUT2D eigenvalue weighted by Crippen LogP contribution is -2.08. The number of alkyl halides is 1. The van der Waals surface area contributed by atoms with E-state index in [1.54, 1.807) is 25.2 Å². The maximum Gasteiger partial charge on any atom is 0.419 e. The number of benzene rings is 2. The molecule has 1 aromatic heterocycles. The molecule has 108 valence electrons. The minimum Gasteiger partial charge on any atom is -0.408 e. The third kappa shape index (κ3) is 2.46. The number of fused-ring (bicyclic) bond motifs is 1. The molecule has 0 aliphatic rings. The Hall–Kier alpha value is -1.42. The van der Waals surface area contributed by atoms with Crippen molar-refractivity contribution >= 4 is 45.9 Å². The average Bonchev–Trinajstić information content (AvgIpc) is 2.73. The van der Waals surface area contributed by atoms with Crippen molar-refractivity contribution in [3.63, 3.8) is 0 Å². The summed E-state index contributed by atoms with van der Waals surface area (Å²) in [5.74, 6) is -0.443. The predicted molar refractivity (Wildman–Crippen MR) is 85.6 cm³/mol. The van der Waals surface area contributed by atoms with Gasteiger partial charge in [0.2, 0.25) is 0 Å². The zero-order valence-corrected chi connectivity index (χ0v) is 13.2. The van der Waals surface area contributed by atoms with Gasteiger partial charge in [-0.1, -0.05) is 41.4 Å². The molecular formula is C15H10Cl3NO2. The molecule has 0 amide bonds. The third-order valence-electron chi connectivity index (χ3n) is 3.36. The fourth-order valence-corrected chi connectivity index (χ4v) is 3.20. The molecule has 3 rings (SSSR count). The van der Waals surface area contributed by atoms with Gasteiger partial charge >= 0.3 is 5.76 Å². The Morgan fingerprint density at radius 1 is 1.10 bits per heavy atom. The van der Waals surface area contributed by atoms with Gasteiger partial charge in [-0.25, -0.2) is 4.79 Å². The van der Waals surface area contributed by atoms with Crippen LogP contribution in [0.5, 0.6) is 0 Å². The van der Waals surface area contributed by atoms with Crippen molar-refractivity contribution in [3.8, 4) is 0 Å². The molecule has 1 atom stereocenters. The monoisotopic (exact) mass is 341 g/mol. The van der Waals surface area contributed by atoms with Gasteiger partial charge in [0.1, 0.15) is 0 Å². The lowest BCUT2D eigenvalue weighted by Gasteiger charge is -2.13. The van der Waals surface area contributed by atoms with Gasteiger partial charge in [-0.2, -0.15) is 0 Å². The molecule has 1 unspecified atom stereocenters. The Labute approximate surface area is 135 Å². The highest BCUT2D eigenvalue weighted by Gasteiger charge is 2.19. The minimum absolute atomic E-state index is 0.443. The summed E-state index contributed by atoms with van der Waals surface area (Å²) in [5.41, 5.74) is 2.46. The van der Waals surface area contributed by atoms with Crippen LogP contribution in [0.2, 0.25) is 10.0 Å². The van der Waals surface area contributed by atoms with E-state index in [9.17, 15) is 4.79 Å². The van der Waals surface area contributed by atoms with Crippen LogP contribution in [0.25, 0.3) is 11.1 Å². The van der Waals surface area contributed by atoms with Gasteiger partial charge in [0.25, 0.3) is 0 Å². The fourth-order valence-electron chi connectivity index (χ4n) is 2.21. The van der Waals surface area contributed by atoms with Crippen LogP contribution in [0.3, 0.4) is 0 Å². The first-order valence-electron chi connectivity index (χ1n) is 6.16. The Kier molecular flexibility index (Phi) is 3.74. The van der Waals surface area contributed by atoms with E-state index in [4.69, 9.17) is 39.2 Å². The lowest BCUT2D eigenvalue weighted by atomic mass is 10.0. The molecule has 6 heteroatoms. The third-order valence-corrected chi connectivity index (χ3v) is 4.50. The summed E-state index contributed by atoms with van der Waals surface area (Å²) in [4.78, 5) is 11.6. The number of aromatic nitrogens is 1. The predicted octanol–water partition coefficient (Wildman–Crippen LogP) is 4.77. The van der Waals surface area contributed by atoms with Crippen LogP contribution in [-0.2, 0) is 7.05 Å². The van der Waals surface area contributed by atoms with Gasteiger partial charge < -0.3 is 4.42 Å². The molecule has 0 aliphatic carbocycles. The van der Waals surface area contributed by atoms with E-state index >= 15 is 0 Å². The molecule has 0 radical (unpaired) electrons. The summed E-state index contributed by atoms with van der Waals surface area (Å²) in [6.45, 7) is 0. The zero-order chi connectivity index (χ0) is 15.1. The summed E-state index contributed by atoms with van der Waals surface area (Å²) >= 11 is 19.0. The maximum absolute atomic E-state index is 11.6. The number of hydrogen-bond acceptors (Lipinski definition) is 2. The van der Waals surface area contributed by atoms with Crippen molar-refractivity contribution in [2.75, 3.05) is 0 Å². The molecule has 0 spiro atoms. The molecule has 0 aliphatic heterocycles. The lowest BCUT2D eigenvalue weighted by molar-refractivity contribution is 0.528. The van der Waals surface area contributed by atoms with Crippen LogP contribution < -0.4 is 5.76 Å². The second-order valence-corrected chi connectivity index (χ2v) is 5.90. The van der Waals surface area contributed by atoms with Gasteiger partial charge in [-0.05, 0) is 29.3 Å². The Morgan fingerprint density at radius 3 is 2.52 bits per heavy atom. The highest BCUT2D eigenvalue weighted by atomic mass is 35.5. The topological polar surface area (TPSA) is 35.1 Å². The molecular weight excluding hydrogens is 333 g/mol. The van der Waals surface area contributed by atoms with Crippen LogP contribution in [0.4, 0.5) is 0 Å². The van der Waals surface area contributed by atoms with Crippen molar-refractivity contribution in [2.24, 2.45) is 7.05 Å². The van der Waals surface area contributed by atoms with Crippen molar-refractivity contribution in [3.05, 3.63) is 68.1 Å². The molecule has 21 heavy (non-hydrogen) atoms. The Morgan fingerprint density at radius 2 is 1.81 bits per heavy atom. The number of hydrogen-bond donors (Lipinski definition) is 0. The van der Waals surface area contributed by atoms with E-state index in [1.165, 1.54) is 4.57 Å². The van der Waals surface area contributed by atoms with Crippen LogP contribution >= 0.6 is 34.8 Å². The van der Waals surface area contributed by atoms with Crippen molar-refractivity contribution in [1.29, 1.82) is 0 Å². The SMILES string of the molecule is Cn1c(=O)oc2cc(C(Cl)c3ccccc3Cl)c(Cl)cc21. The summed E-state index contributed by atoms with van der Waals surface area (Å²) in [6, 6.07) is 10.6. The summed E-state index contributed by atoms with van der Waals surface area (Å²) in [5, 5.41) is 0.489. The van der Waals surface area contributed by atoms with Gasteiger partial charge in [-0.3, -0.25) is 4.57 Å². The van der Waals surface area contributed by atoms with Crippen LogP contribution in [0.15, 0.2) is 45.6 Å². The smallest absolute Gasteiger partial charge is 0.408 e. The standard InChI is InChI=1S/C15H10Cl3NO2/c1-19-12-7-11(17)9(6-13(12)21-15(19)20)14(18)8-4-2-3-5-10(8)16/h2-7,14H,1H3.